The smallest absolute Gasteiger partial charge is 0.338 e. The summed E-state index contributed by atoms with van der Waals surface area (Å²) in [5.74, 6) is -1.31. The summed E-state index contributed by atoms with van der Waals surface area (Å²) in [7, 11) is 3.01. The van der Waals surface area contributed by atoms with Crippen molar-refractivity contribution in [1.82, 2.24) is 5.32 Å². The van der Waals surface area contributed by atoms with Gasteiger partial charge in [0.25, 0.3) is 11.6 Å². The van der Waals surface area contributed by atoms with E-state index in [-0.39, 0.29) is 16.9 Å². The van der Waals surface area contributed by atoms with Gasteiger partial charge in [-0.05, 0) is 12.1 Å². The van der Waals surface area contributed by atoms with Crippen LogP contribution in [0.15, 0.2) is 18.2 Å². The van der Waals surface area contributed by atoms with Crippen LogP contribution < -0.4 is 10.6 Å². The second kappa shape index (κ2) is 10.9. The number of rotatable bonds is 11. The van der Waals surface area contributed by atoms with Crippen molar-refractivity contribution in [1.29, 1.82) is 0 Å². The van der Waals surface area contributed by atoms with Crippen LogP contribution in [0, 0.1) is 10.1 Å². The Labute approximate surface area is 144 Å². The van der Waals surface area contributed by atoms with E-state index in [9.17, 15) is 19.7 Å². The third-order valence-electron chi connectivity index (χ3n) is 3.01. The maximum atomic E-state index is 11.9. The molecule has 0 aliphatic carbocycles. The van der Waals surface area contributed by atoms with E-state index < -0.39 is 23.4 Å². The van der Waals surface area contributed by atoms with E-state index in [1.165, 1.54) is 26.4 Å². The molecule has 138 valence electrons. The van der Waals surface area contributed by atoms with Crippen LogP contribution in [-0.4, -0.2) is 63.9 Å². The Bertz CT molecular complexity index is 607. The third kappa shape index (κ3) is 7.14. The number of anilines is 1. The van der Waals surface area contributed by atoms with E-state index in [0.717, 1.165) is 6.07 Å². The molecule has 0 heterocycles. The highest BCUT2D eigenvalue weighted by atomic mass is 16.6. The predicted octanol–water partition coefficient (Wildman–Crippen LogP) is 0.572. The monoisotopic (exact) mass is 355 g/mol. The van der Waals surface area contributed by atoms with Gasteiger partial charge in [-0.25, -0.2) is 4.79 Å². The standard InChI is InChI=1S/C15H21N3O7/c1-23-7-5-16-12-4-3-11(9-13(12)18(21)22)15(20)25-10-14(19)17-6-8-24-2/h3-4,9,16H,5-8,10H2,1-2H3,(H,17,19). The number of nitro benzene ring substituents is 1. The third-order valence-corrected chi connectivity index (χ3v) is 3.01. The summed E-state index contributed by atoms with van der Waals surface area (Å²) in [6.07, 6.45) is 0. The Hall–Kier alpha value is -2.72. The summed E-state index contributed by atoms with van der Waals surface area (Å²) in [5, 5.41) is 16.5. The maximum Gasteiger partial charge on any atom is 0.338 e. The van der Waals surface area contributed by atoms with Gasteiger partial charge in [-0.2, -0.15) is 0 Å². The van der Waals surface area contributed by atoms with Crippen LogP contribution in [0.3, 0.4) is 0 Å². The molecule has 2 N–H and O–H groups in total. The maximum absolute atomic E-state index is 11.9. The summed E-state index contributed by atoms with van der Waals surface area (Å²) in [5.41, 5.74) is -0.0281. The summed E-state index contributed by atoms with van der Waals surface area (Å²) >= 11 is 0. The molecule has 0 radical (unpaired) electrons. The number of esters is 1. The minimum Gasteiger partial charge on any atom is -0.452 e. The lowest BCUT2D eigenvalue weighted by Crippen LogP contribution is -2.31. The number of amides is 1. The fraction of sp³-hybridized carbons (Fsp3) is 0.467. The minimum atomic E-state index is -0.826. The van der Waals surface area contributed by atoms with Gasteiger partial charge < -0.3 is 24.8 Å². The lowest BCUT2D eigenvalue weighted by Gasteiger charge is -2.09. The van der Waals surface area contributed by atoms with Crippen LogP contribution in [0.2, 0.25) is 0 Å². The zero-order valence-electron chi connectivity index (χ0n) is 14.1. The molecule has 0 aromatic heterocycles. The number of hydrogen-bond donors (Lipinski definition) is 2. The highest BCUT2D eigenvalue weighted by molar-refractivity contribution is 5.93. The molecule has 0 aliphatic rings. The number of nitro groups is 1. The molecule has 0 atom stereocenters. The molecular formula is C15H21N3O7. The minimum absolute atomic E-state index is 0.0197. The van der Waals surface area contributed by atoms with Gasteiger partial charge in [-0.3, -0.25) is 14.9 Å². The molecular weight excluding hydrogens is 334 g/mol. The van der Waals surface area contributed by atoms with Crippen molar-refractivity contribution in [3.05, 3.63) is 33.9 Å². The van der Waals surface area contributed by atoms with Crippen molar-refractivity contribution in [2.75, 3.05) is 52.4 Å². The van der Waals surface area contributed by atoms with E-state index in [0.29, 0.717) is 26.3 Å². The largest absolute Gasteiger partial charge is 0.452 e. The fourth-order valence-corrected chi connectivity index (χ4v) is 1.80. The first-order chi connectivity index (χ1) is 12.0. The molecule has 10 nitrogen and oxygen atoms in total. The van der Waals surface area contributed by atoms with E-state index in [2.05, 4.69) is 10.6 Å². The number of ether oxygens (including phenoxy) is 3. The second-order valence-corrected chi connectivity index (χ2v) is 4.83. The Morgan fingerprint density at radius 3 is 2.48 bits per heavy atom. The summed E-state index contributed by atoms with van der Waals surface area (Å²) < 4.78 is 14.5. The molecule has 25 heavy (non-hydrogen) atoms. The van der Waals surface area contributed by atoms with Crippen LogP contribution in [0.1, 0.15) is 10.4 Å². The van der Waals surface area contributed by atoms with E-state index >= 15 is 0 Å². The van der Waals surface area contributed by atoms with Crippen LogP contribution in [0.25, 0.3) is 0 Å². The highest BCUT2D eigenvalue weighted by Crippen LogP contribution is 2.25. The number of carbonyl (C=O) groups is 2. The lowest BCUT2D eigenvalue weighted by atomic mass is 10.1. The normalized spacial score (nSPS) is 10.2. The van der Waals surface area contributed by atoms with Gasteiger partial charge in [0, 0.05) is 33.4 Å². The van der Waals surface area contributed by atoms with Crippen molar-refractivity contribution in [3.63, 3.8) is 0 Å². The van der Waals surface area contributed by atoms with Gasteiger partial charge in [0.05, 0.1) is 23.7 Å². The summed E-state index contributed by atoms with van der Waals surface area (Å²) in [4.78, 5) is 33.9. The molecule has 10 heteroatoms. The van der Waals surface area contributed by atoms with Gasteiger partial charge >= 0.3 is 5.97 Å². The number of nitrogens with one attached hydrogen (secondary N) is 2. The SMILES string of the molecule is COCCNC(=O)COC(=O)c1ccc(NCCOC)c([N+](=O)[O-])c1. The highest BCUT2D eigenvalue weighted by Gasteiger charge is 2.18. The first-order valence-corrected chi connectivity index (χ1v) is 7.43. The number of carbonyl (C=O) groups excluding carboxylic acids is 2. The van der Waals surface area contributed by atoms with Crippen molar-refractivity contribution >= 4 is 23.3 Å². The zero-order chi connectivity index (χ0) is 18.7. The van der Waals surface area contributed by atoms with Gasteiger partial charge in [-0.1, -0.05) is 0 Å². The molecule has 1 rings (SSSR count). The molecule has 0 bridgehead atoms. The molecule has 0 saturated heterocycles. The van der Waals surface area contributed by atoms with E-state index in [1.54, 1.807) is 0 Å². The quantitative estimate of drug-likeness (QED) is 0.255. The molecule has 1 aromatic rings. The molecule has 1 amide bonds. The topological polar surface area (TPSA) is 129 Å². The van der Waals surface area contributed by atoms with Crippen molar-refractivity contribution in [2.45, 2.75) is 0 Å². The number of nitrogens with zero attached hydrogens (tertiary/aromatic N) is 1. The first-order valence-electron chi connectivity index (χ1n) is 7.43. The van der Waals surface area contributed by atoms with Crippen LogP contribution in [0.5, 0.6) is 0 Å². The lowest BCUT2D eigenvalue weighted by molar-refractivity contribution is -0.384. The van der Waals surface area contributed by atoms with Gasteiger partial charge in [-0.15, -0.1) is 0 Å². The number of hydrogen-bond acceptors (Lipinski definition) is 8. The summed E-state index contributed by atoms with van der Waals surface area (Å²) in [6.45, 7) is 0.899. The predicted molar refractivity (Wildman–Crippen MR) is 88.6 cm³/mol. The van der Waals surface area contributed by atoms with Gasteiger partial charge in [0.1, 0.15) is 5.69 Å². The van der Waals surface area contributed by atoms with E-state index in [1.807, 2.05) is 0 Å². The zero-order valence-corrected chi connectivity index (χ0v) is 14.1. The Balaban J connectivity index is 2.67. The van der Waals surface area contributed by atoms with Crippen LogP contribution in [-0.2, 0) is 19.0 Å². The van der Waals surface area contributed by atoms with Crippen molar-refractivity contribution < 1.29 is 28.7 Å². The molecule has 0 aliphatic heterocycles. The van der Waals surface area contributed by atoms with Crippen LogP contribution >= 0.6 is 0 Å². The Kier molecular flexibility index (Phi) is 8.90. The first kappa shape index (κ1) is 20.3. The molecule has 0 unspecified atom stereocenters. The van der Waals surface area contributed by atoms with Crippen LogP contribution in [0.4, 0.5) is 11.4 Å². The van der Waals surface area contributed by atoms with E-state index in [4.69, 9.17) is 14.2 Å². The molecule has 0 fully saturated rings. The number of benzene rings is 1. The van der Waals surface area contributed by atoms with Crippen molar-refractivity contribution in [3.8, 4) is 0 Å². The second-order valence-electron chi connectivity index (χ2n) is 4.83. The van der Waals surface area contributed by atoms with Gasteiger partial charge in [0.2, 0.25) is 0 Å². The number of methoxy groups -OCH3 is 2. The average Bonchev–Trinajstić information content (AvgIpc) is 2.60. The van der Waals surface area contributed by atoms with Crippen molar-refractivity contribution in [2.24, 2.45) is 0 Å². The fourth-order valence-electron chi connectivity index (χ4n) is 1.80. The van der Waals surface area contributed by atoms with Gasteiger partial charge in [0.15, 0.2) is 6.61 Å². The summed E-state index contributed by atoms with van der Waals surface area (Å²) in [6, 6.07) is 3.89. The Morgan fingerprint density at radius 1 is 1.16 bits per heavy atom. The molecule has 1 aromatic carbocycles. The molecule has 0 spiro atoms. The average molecular weight is 355 g/mol. The molecule has 0 saturated carbocycles. The Morgan fingerprint density at radius 2 is 1.84 bits per heavy atom.